The molecule has 0 saturated carbocycles. The molecular weight excluding hydrogens is 554 g/mol. The van der Waals surface area contributed by atoms with Crippen LogP contribution >= 0.6 is 0 Å². The Morgan fingerprint density at radius 3 is 2.57 bits per heavy atom. The van der Waals surface area contributed by atoms with Gasteiger partial charge in [-0.2, -0.15) is 4.39 Å². The summed E-state index contributed by atoms with van der Waals surface area (Å²) < 4.78 is 40.8. The van der Waals surface area contributed by atoms with E-state index in [2.05, 4.69) is 5.32 Å². The van der Waals surface area contributed by atoms with E-state index < -0.39 is 65.0 Å². The number of nitrogens with zero attached hydrogens (tertiary/aromatic N) is 3. The number of halogens is 2. The second-order valence-electron chi connectivity index (χ2n) is 10.3. The van der Waals surface area contributed by atoms with Crippen LogP contribution in [0.5, 0.6) is 5.75 Å². The molecule has 0 aliphatic carbocycles. The molecule has 1 aromatic heterocycles. The molecule has 2 N–H and O–H groups in total. The normalized spacial score (nSPS) is 17.3. The first-order chi connectivity index (χ1) is 20.2. The van der Waals surface area contributed by atoms with Gasteiger partial charge in [0.2, 0.25) is 17.2 Å². The van der Waals surface area contributed by atoms with Gasteiger partial charge in [0.1, 0.15) is 24.8 Å². The van der Waals surface area contributed by atoms with Crippen LogP contribution in [0.3, 0.4) is 0 Å². The molecular formula is C29H30F2N4O7. The average molecular weight is 585 g/mol. The molecule has 1 fully saturated rings. The highest BCUT2D eigenvalue weighted by Gasteiger charge is 2.32. The third-order valence-corrected chi connectivity index (χ3v) is 7.41. The molecule has 2 atom stereocenters. The number of ether oxygens (including phenoxy) is 2. The minimum Gasteiger partial charge on any atom is -0.486 e. The lowest BCUT2D eigenvalue weighted by Gasteiger charge is -2.28. The van der Waals surface area contributed by atoms with E-state index in [4.69, 9.17) is 9.47 Å². The quantitative estimate of drug-likeness (QED) is 0.454. The van der Waals surface area contributed by atoms with E-state index in [9.17, 15) is 33.1 Å². The SMILES string of the molecule is CC1COc2c(F)c(F)cc3c(=O)c(C(=O)N[C@@H](CO)C(=O)N4CCCN(C(=O)OCc5ccccc5)CC4)cn1c23. The fourth-order valence-corrected chi connectivity index (χ4v) is 5.13. The maximum Gasteiger partial charge on any atom is 0.410 e. The number of carbonyl (C=O) groups excluding carboxylic acids is 3. The number of pyridine rings is 1. The summed E-state index contributed by atoms with van der Waals surface area (Å²) in [6.07, 6.45) is 1.15. The Hall–Kier alpha value is -4.52. The largest absolute Gasteiger partial charge is 0.486 e. The number of hydrogen-bond acceptors (Lipinski definition) is 7. The van der Waals surface area contributed by atoms with Crippen molar-refractivity contribution < 1.29 is 37.7 Å². The first-order valence-electron chi connectivity index (χ1n) is 13.5. The summed E-state index contributed by atoms with van der Waals surface area (Å²) in [6.45, 7) is 2.01. The Morgan fingerprint density at radius 1 is 1.12 bits per heavy atom. The molecule has 3 heterocycles. The van der Waals surface area contributed by atoms with Gasteiger partial charge in [-0.3, -0.25) is 14.4 Å². The van der Waals surface area contributed by atoms with Crippen LogP contribution in [0.25, 0.3) is 10.9 Å². The molecule has 1 saturated heterocycles. The van der Waals surface area contributed by atoms with Crippen molar-refractivity contribution >= 4 is 28.8 Å². The average Bonchev–Trinajstić information content (AvgIpc) is 3.26. The number of rotatable bonds is 6. The number of nitrogens with one attached hydrogen (secondary N) is 1. The number of benzene rings is 2. The second kappa shape index (κ2) is 12.1. The topological polar surface area (TPSA) is 130 Å². The zero-order chi connectivity index (χ0) is 30.0. The maximum absolute atomic E-state index is 14.4. The number of aromatic nitrogens is 1. The molecule has 11 nitrogen and oxygen atoms in total. The van der Waals surface area contributed by atoms with E-state index in [1.807, 2.05) is 30.3 Å². The van der Waals surface area contributed by atoms with E-state index in [1.54, 1.807) is 6.92 Å². The lowest BCUT2D eigenvalue weighted by Crippen LogP contribution is -2.52. The van der Waals surface area contributed by atoms with Crippen molar-refractivity contribution in [1.82, 2.24) is 19.7 Å². The second-order valence-corrected chi connectivity index (χ2v) is 10.3. The van der Waals surface area contributed by atoms with Crippen LogP contribution in [0.1, 0.15) is 35.3 Å². The van der Waals surface area contributed by atoms with Gasteiger partial charge in [-0.05, 0) is 25.0 Å². The lowest BCUT2D eigenvalue weighted by molar-refractivity contribution is -0.134. The summed E-state index contributed by atoms with van der Waals surface area (Å²) in [5, 5.41) is 12.1. The fraction of sp³-hybridized carbons (Fsp3) is 0.379. The van der Waals surface area contributed by atoms with Gasteiger partial charge in [-0.15, -0.1) is 0 Å². The van der Waals surface area contributed by atoms with Crippen molar-refractivity contribution in [3.63, 3.8) is 0 Å². The Bertz CT molecular complexity index is 1580. The summed E-state index contributed by atoms with van der Waals surface area (Å²) in [5.74, 6) is -4.48. The molecule has 42 heavy (non-hydrogen) atoms. The van der Waals surface area contributed by atoms with Gasteiger partial charge >= 0.3 is 6.09 Å². The first kappa shape index (κ1) is 29.0. The molecule has 2 aromatic carbocycles. The highest BCUT2D eigenvalue weighted by atomic mass is 19.2. The van der Waals surface area contributed by atoms with Crippen molar-refractivity contribution in [3.8, 4) is 5.75 Å². The molecule has 13 heteroatoms. The van der Waals surface area contributed by atoms with Crippen LogP contribution in [0.15, 0.2) is 47.4 Å². The number of aliphatic hydroxyl groups is 1. The fourth-order valence-electron chi connectivity index (χ4n) is 5.13. The zero-order valence-corrected chi connectivity index (χ0v) is 22.8. The van der Waals surface area contributed by atoms with Crippen LogP contribution in [-0.2, 0) is 16.1 Å². The molecule has 2 aliphatic heterocycles. The predicted molar refractivity (Wildman–Crippen MR) is 146 cm³/mol. The highest BCUT2D eigenvalue weighted by Crippen LogP contribution is 2.35. The summed E-state index contributed by atoms with van der Waals surface area (Å²) in [4.78, 5) is 55.2. The van der Waals surface area contributed by atoms with Gasteiger partial charge in [0.25, 0.3) is 5.91 Å². The van der Waals surface area contributed by atoms with Crippen molar-refractivity contribution in [1.29, 1.82) is 0 Å². The molecule has 0 bridgehead atoms. The van der Waals surface area contributed by atoms with Crippen LogP contribution in [0.4, 0.5) is 13.6 Å². The van der Waals surface area contributed by atoms with E-state index >= 15 is 0 Å². The molecule has 1 unspecified atom stereocenters. The van der Waals surface area contributed by atoms with Crippen molar-refractivity contribution in [2.75, 3.05) is 39.4 Å². The minimum atomic E-state index is -1.38. The Labute approximate surface area is 239 Å². The van der Waals surface area contributed by atoms with Crippen LogP contribution in [-0.4, -0.2) is 82.8 Å². The van der Waals surface area contributed by atoms with Crippen molar-refractivity contribution in [2.45, 2.75) is 32.0 Å². The smallest absolute Gasteiger partial charge is 0.410 e. The van der Waals surface area contributed by atoms with Crippen LogP contribution in [0.2, 0.25) is 0 Å². The Balaban J connectivity index is 1.28. The maximum atomic E-state index is 14.4. The standard InChI is InChI=1S/C29H30F2N4O7/c1-17-15-41-26-23(31)21(30)12-19-24(26)35(17)13-20(25(19)37)27(38)32-22(14-36)28(39)33-8-5-9-34(11-10-33)29(40)42-16-18-6-3-2-4-7-18/h2-4,6-7,12-13,17,22,36H,5,8-11,14-16H2,1H3,(H,32,38)/t17?,22-/m0/s1. The van der Waals surface area contributed by atoms with Gasteiger partial charge in [-0.1, -0.05) is 30.3 Å². The molecule has 2 aliphatic rings. The van der Waals surface area contributed by atoms with Crippen molar-refractivity contribution in [2.24, 2.45) is 0 Å². The lowest BCUT2D eigenvalue weighted by atomic mass is 10.1. The number of aliphatic hydroxyl groups excluding tert-OH is 1. The van der Waals surface area contributed by atoms with E-state index in [-0.39, 0.29) is 43.8 Å². The number of carbonyl (C=O) groups is 3. The van der Waals surface area contributed by atoms with E-state index in [0.29, 0.717) is 19.0 Å². The van der Waals surface area contributed by atoms with Gasteiger partial charge in [0.15, 0.2) is 11.6 Å². The minimum absolute atomic E-state index is 0.0179. The molecule has 0 spiro atoms. The van der Waals surface area contributed by atoms with Gasteiger partial charge in [-0.25, -0.2) is 9.18 Å². The third kappa shape index (κ3) is 5.64. The third-order valence-electron chi connectivity index (χ3n) is 7.41. The van der Waals surface area contributed by atoms with Gasteiger partial charge in [0, 0.05) is 32.4 Å². The highest BCUT2D eigenvalue weighted by molar-refractivity contribution is 6.00. The first-order valence-corrected chi connectivity index (χ1v) is 13.5. The Morgan fingerprint density at radius 2 is 1.83 bits per heavy atom. The summed E-state index contributed by atoms with van der Waals surface area (Å²) in [6, 6.07) is 8.15. The summed E-state index contributed by atoms with van der Waals surface area (Å²) in [7, 11) is 0. The van der Waals surface area contributed by atoms with Crippen molar-refractivity contribution in [3.05, 3.63) is 75.6 Å². The molecule has 3 amide bonds. The van der Waals surface area contributed by atoms with Gasteiger partial charge in [0.05, 0.1) is 23.6 Å². The number of hydrogen-bond donors (Lipinski definition) is 2. The molecule has 5 rings (SSSR count). The summed E-state index contributed by atoms with van der Waals surface area (Å²) >= 11 is 0. The number of amides is 3. The monoisotopic (exact) mass is 584 g/mol. The molecule has 0 radical (unpaired) electrons. The van der Waals surface area contributed by atoms with E-state index in [1.165, 1.54) is 20.6 Å². The predicted octanol–water partition coefficient (Wildman–Crippen LogP) is 2.19. The summed E-state index contributed by atoms with van der Waals surface area (Å²) in [5.41, 5.74) is -0.405. The van der Waals surface area contributed by atoms with Gasteiger partial charge < -0.3 is 34.3 Å². The van der Waals surface area contributed by atoms with Crippen LogP contribution < -0.4 is 15.5 Å². The van der Waals surface area contributed by atoms with Crippen LogP contribution in [0, 0.1) is 11.6 Å². The Kier molecular flexibility index (Phi) is 8.39. The molecule has 3 aromatic rings. The van der Waals surface area contributed by atoms with E-state index in [0.717, 1.165) is 5.56 Å². The molecule has 222 valence electrons. The zero-order valence-electron chi connectivity index (χ0n) is 22.8.